The fraction of sp³-hybridized carbons (Fsp3) is 0.310. The molecule has 1 fully saturated rings. The molecule has 7 nitrogen and oxygen atoms in total. The van der Waals surface area contributed by atoms with Gasteiger partial charge < -0.3 is 18.9 Å². The van der Waals surface area contributed by atoms with Crippen LogP contribution in [0.3, 0.4) is 0 Å². The fourth-order valence-corrected chi connectivity index (χ4v) is 5.33. The molecule has 1 saturated heterocycles. The topological polar surface area (TPSA) is 74.3 Å². The second kappa shape index (κ2) is 9.66. The number of carbonyl (C=O) groups excluding carboxylic acids is 2. The Morgan fingerprint density at radius 2 is 1.72 bits per heavy atom. The minimum atomic E-state index is -1.36. The molecule has 3 aromatic carbocycles. The van der Waals surface area contributed by atoms with Crippen molar-refractivity contribution in [3.8, 4) is 11.5 Å². The summed E-state index contributed by atoms with van der Waals surface area (Å²) in [6, 6.07) is 21.6. The number of methoxy groups -OCH3 is 2. The lowest BCUT2D eigenvalue weighted by atomic mass is 9.76. The summed E-state index contributed by atoms with van der Waals surface area (Å²) in [5, 5.41) is 0. The van der Waals surface area contributed by atoms with E-state index in [0.29, 0.717) is 35.5 Å². The van der Waals surface area contributed by atoms with Crippen molar-refractivity contribution in [2.45, 2.75) is 37.6 Å². The summed E-state index contributed by atoms with van der Waals surface area (Å²) in [7, 11) is 3.13. The molecular weight excluding hydrogens is 458 g/mol. The Hall–Kier alpha value is -3.84. The van der Waals surface area contributed by atoms with Crippen molar-refractivity contribution < 1.29 is 28.5 Å². The van der Waals surface area contributed by atoms with E-state index in [0.717, 1.165) is 11.1 Å². The third kappa shape index (κ3) is 3.80. The van der Waals surface area contributed by atoms with Gasteiger partial charge in [0.25, 0.3) is 5.91 Å². The van der Waals surface area contributed by atoms with Gasteiger partial charge in [-0.15, -0.1) is 0 Å². The van der Waals surface area contributed by atoms with E-state index in [2.05, 4.69) is 0 Å². The average Bonchev–Trinajstić information content (AvgIpc) is 3.29. The standard InChI is InChI=1S/C29H29NO6/c1-4-35-28(32)29-17-16-19-10-8-9-13-22(19)25(29)30(26(31)20-11-6-5-7-12-20)27(36-29)23-15-14-21(33-2)18-24(23)34-3/h5-15,18,25,27H,4,16-17H2,1-3H3/t25-,27?,29+/m0/s1. The highest BCUT2D eigenvalue weighted by Gasteiger charge is 2.63. The zero-order valence-corrected chi connectivity index (χ0v) is 20.6. The Morgan fingerprint density at radius 1 is 0.972 bits per heavy atom. The molecule has 0 aromatic heterocycles. The fourth-order valence-electron chi connectivity index (χ4n) is 5.33. The van der Waals surface area contributed by atoms with Gasteiger partial charge in [-0.1, -0.05) is 42.5 Å². The largest absolute Gasteiger partial charge is 0.497 e. The highest BCUT2D eigenvalue weighted by atomic mass is 16.6. The summed E-state index contributed by atoms with van der Waals surface area (Å²) < 4.78 is 23.3. The van der Waals surface area contributed by atoms with Gasteiger partial charge >= 0.3 is 5.97 Å². The van der Waals surface area contributed by atoms with Crippen molar-refractivity contribution in [1.29, 1.82) is 0 Å². The molecule has 2 aliphatic rings. The van der Waals surface area contributed by atoms with Gasteiger partial charge in [-0.05, 0) is 55.2 Å². The zero-order valence-electron chi connectivity index (χ0n) is 20.6. The number of benzene rings is 3. The summed E-state index contributed by atoms with van der Waals surface area (Å²) in [6.45, 7) is 1.98. The summed E-state index contributed by atoms with van der Waals surface area (Å²) in [5.74, 6) is 0.394. The van der Waals surface area contributed by atoms with Crippen LogP contribution in [0.4, 0.5) is 0 Å². The van der Waals surface area contributed by atoms with Crippen molar-refractivity contribution >= 4 is 11.9 Å². The third-order valence-electron chi connectivity index (χ3n) is 6.99. The van der Waals surface area contributed by atoms with Gasteiger partial charge in [0, 0.05) is 17.2 Å². The number of nitrogens with zero attached hydrogens (tertiary/aromatic N) is 1. The van der Waals surface area contributed by atoms with Crippen molar-refractivity contribution in [3.05, 3.63) is 95.1 Å². The molecule has 3 aromatic rings. The van der Waals surface area contributed by atoms with E-state index in [1.807, 2.05) is 48.5 Å². The van der Waals surface area contributed by atoms with Crippen molar-refractivity contribution in [3.63, 3.8) is 0 Å². The minimum Gasteiger partial charge on any atom is -0.497 e. The summed E-state index contributed by atoms with van der Waals surface area (Å²) in [6.07, 6.45) is 0.131. The molecule has 0 bridgehead atoms. The molecule has 36 heavy (non-hydrogen) atoms. The molecule has 0 spiro atoms. The van der Waals surface area contributed by atoms with Crippen molar-refractivity contribution in [2.75, 3.05) is 20.8 Å². The van der Waals surface area contributed by atoms with Gasteiger partial charge in [0.05, 0.1) is 20.8 Å². The molecule has 0 saturated carbocycles. The number of rotatable bonds is 6. The molecule has 1 unspecified atom stereocenters. The molecule has 1 amide bonds. The molecule has 5 rings (SSSR count). The van der Waals surface area contributed by atoms with Crippen LogP contribution in [0.25, 0.3) is 0 Å². The summed E-state index contributed by atoms with van der Waals surface area (Å²) in [5.41, 5.74) is 1.74. The lowest BCUT2D eigenvalue weighted by molar-refractivity contribution is -0.174. The van der Waals surface area contributed by atoms with Crippen LogP contribution < -0.4 is 9.47 Å². The van der Waals surface area contributed by atoms with E-state index >= 15 is 0 Å². The van der Waals surface area contributed by atoms with Gasteiger partial charge in [-0.25, -0.2) is 4.79 Å². The number of hydrogen-bond acceptors (Lipinski definition) is 6. The quantitative estimate of drug-likeness (QED) is 0.462. The van der Waals surface area contributed by atoms with Crippen LogP contribution in [0.5, 0.6) is 11.5 Å². The highest BCUT2D eigenvalue weighted by Crippen LogP contribution is 2.56. The number of amides is 1. The first-order chi connectivity index (χ1) is 17.5. The lowest BCUT2D eigenvalue weighted by Gasteiger charge is -2.39. The number of hydrogen-bond donors (Lipinski definition) is 0. The molecule has 1 heterocycles. The van der Waals surface area contributed by atoms with Crippen LogP contribution in [0.2, 0.25) is 0 Å². The third-order valence-corrected chi connectivity index (χ3v) is 6.99. The Labute approximate surface area is 210 Å². The van der Waals surface area contributed by atoms with E-state index in [1.165, 1.54) is 0 Å². The van der Waals surface area contributed by atoms with E-state index in [1.54, 1.807) is 50.3 Å². The van der Waals surface area contributed by atoms with Gasteiger partial charge in [0.2, 0.25) is 0 Å². The van der Waals surface area contributed by atoms with Gasteiger partial charge in [-0.2, -0.15) is 0 Å². The molecule has 0 N–H and O–H groups in total. The molecular formula is C29H29NO6. The molecule has 186 valence electrons. The molecule has 3 atom stereocenters. The number of ether oxygens (including phenoxy) is 4. The first-order valence-electron chi connectivity index (χ1n) is 12.1. The number of fused-ring (bicyclic) bond motifs is 3. The van der Waals surface area contributed by atoms with Gasteiger partial charge in [0.1, 0.15) is 17.5 Å². The summed E-state index contributed by atoms with van der Waals surface area (Å²) in [4.78, 5) is 29.5. The minimum absolute atomic E-state index is 0.210. The normalized spacial score (nSPS) is 22.4. The SMILES string of the molecule is CCOC(=O)[C@@]12CCc3ccccc3[C@@H]1N(C(=O)c1ccccc1)C(c1ccc(OC)cc1OC)O2. The first kappa shape index (κ1) is 23.9. The number of aryl methyl sites for hydroxylation is 1. The van der Waals surface area contributed by atoms with Crippen LogP contribution in [-0.4, -0.2) is 43.2 Å². The average molecular weight is 488 g/mol. The molecule has 1 aliphatic carbocycles. The predicted molar refractivity (Wildman–Crippen MR) is 133 cm³/mol. The molecule has 0 radical (unpaired) electrons. The maximum absolute atomic E-state index is 14.2. The van der Waals surface area contributed by atoms with Crippen LogP contribution in [0.1, 0.15) is 52.7 Å². The zero-order chi connectivity index (χ0) is 25.3. The Bertz CT molecular complexity index is 1280. The first-order valence-corrected chi connectivity index (χ1v) is 12.1. The predicted octanol–water partition coefficient (Wildman–Crippen LogP) is 4.86. The Kier molecular flexibility index (Phi) is 6.41. The molecule has 7 heteroatoms. The number of esters is 1. The van der Waals surface area contributed by atoms with E-state index in [4.69, 9.17) is 18.9 Å². The van der Waals surface area contributed by atoms with E-state index < -0.39 is 23.8 Å². The van der Waals surface area contributed by atoms with Crippen molar-refractivity contribution in [2.24, 2.45) is 0 Å². The summed E-state index contributed by atoms with van der Waals surface area (Å²) >= 11 is 0. The maximum Gasteiger partial charge on any atom is 0.341 e. The van der Waals surface area contributed by atoms with Gasteiger partial charge in [-0.3, -0.25) is 9.69 Å². The van der Waals surface area contributed by atoms with Crippen LogP contribution in [-0.2, 0) is 20.7 Å². The Morgan fingerprint density at radius 3 is 2.44 bits per heavy atom. The highest BCUT2D eigenvalue weighted by molar-refractivity contribution is 5.96. The van der Waals surface area contributed by atoms with Crippen molar-refractivity contribution in [1.82, 2.24) is 4.90 Å². The monoisotopic (exact) mass is 487 g/mol. The Balaban J connectivity index is 1.74. The van der Waals surface area contributed by atoms with E-state index in [-0.39, 0.29) is 12.5 Å². The maximum atomic E-state index is 14.2. The number of carbonyl (C=O) groups is 2. The van der Waals surface area contributed by atoms with Crippen LogP contribution in [0, 0.1) is 0 Å². The molecule has 1 aliphatic heterocycles. The second-order valence-corrected chi connectivity index (χ2v) is 8.87. The second-order valence-electron chi connectivity index (χ2n) is 8.87. The smallest absolute Gasteiger partial charge is 0.341 e. The van der Waals surface area contributed by atoms with Crippen LogP contribution in [0.15, 0.2) is 72.8 Å². The van der Waals surface area contributed by atoms with Gasteiger partial charge in [0.15, 0.2) is 11.8 Å². The van der Waals surface area contributed by atoms with Crippen LogP contribution >= 0.6 is 0 Å². The lowest BCUT2D eigenvalue weighted by Crippen LogP contribution is -2.50. The van der Waals surface area contributed by atoms with E-state index in [9.17, 15) is 9.59 Å².